The van der Waals surface area contributed by atoms with Crippen molar-refractivity contribution in [2.45, 2.75) is 90.3 Å². The highest BCUT2D eigenvalue weighted by molar-refractivity contribution is 5.92. The summed E-state index contributed by atoms with van der Waals surface area (Å²) in [6, 6.07) is 16.2. The fourth-order valence-corrected chi connectivity index (χ4v) is 4.54. The lowest BCUT2D eigenvalue weighted by atomic mass is 10.0. The highest BCUT2D eigenvalue weighted by Crippen LogP contribution is 2.29. The summed E-state index contributed by atoms with van der Waals surface area (Å²) in [6.07, 6.45) is 1.69. The number of alkyl halides is 3. The normalized spacial score (nSPS) is 12.0. The first-order chi connectivity index (χ1) is 21.1. The Bertz CT molecular complexity index is 1320. The van der Waals surface area contributed by atoms with Crippen LogP contribution < -0.4 is 9.47 Å². The summed E-state index contributed by atoms with van der Waals surface area (Å²) in [5, 5.41) is 0. The van der Waals surface area contributed by atoms with Gasteiger partial charge in [0.1, 0.15) is 5.75 Å². The van der Waals surface area contributed by atoms with Crippen LogP contribution in [-0.4, -0.2) is 30.8 Å². The molecule has 0 heterocycles. The van der Waals surface area contributed by atoms with Crippen LogP contribution in [0.5, 0.6) is 11.5 Å². The summed E-state index contributed by atoms with van der Waals surface area (Å²) >= 11 is 0. The van der Waals surface area contributed by atoms with Crippen molar-refractivity contribution in [3.63, 3.8) is 0 Å². The second kappa shape index (κ2) is 17.4. The van der Waals surface area contributed by atoms with E-state index >= 15 is 0 Å². The fraction of sp³-hybridized carbons (Fsp3) is 0.429. The molecule has 3 aromatic carbocycles. The third-order valence-electron chi connectivity index (χ3n) is 7.13. The molecule has 1 atom stereocenters. The van der Waals surface area contributed by atoms with E-state index < -0.39 is 30.0 Å². The molecule has 5 nitrogen and oxygen atoms in total. The van der Waals surface area contributed by atoms with Crippen LogP contribution in [0.4, 0.5) is 17.6 Å². The van der Waals surface area contributed by atoms with Crippen molar-refractivity contribution in [1.29, 1.82) is 0 Å². The molecule has 0 aliphatic heterocycles. The minimum Gasteiger partial charge on any atom is -0.491 e. The van der Waals surface area contributed by atoms with Gasteiger partial charge < -0.3 is 14.2 Å². The molecule has 0 saturated carbocycles. The average Bonchev–Trinajstić information content (AvgIpc) is 3.01. The highest BCUT2D eigenvalue weighted by Gasteiger charge is 2.42. The lowest BCUT2D eigenvalue weighted by Crippen LogP contribution is -2.33. The van der Waals surface area contributed by atoms with Gasteiger partial charge in [0.2, 0.25) is 0 Å². The number of carbonyl (C=O) groups is 2. The van der Waals surface area contributed by atoms with Gasteiger partial charge in [-0.15, -0.1) is 0 Å². The zero-order valence-corrected chi connectivity index (χ0v) is 25.3. The molecule has 0 aliphatic rings. The van der Waals surface area contributed by atoms with Gasteiger partial charge in [-0.1, -0.05) is 77.0 Å². The largest absolute Gasteiger partial charge is 0.491 e. The SMILES string of the molecule is CCCCCCCCCOc1ccc(-c2ccc(C(=O)Oc3ccc(C(=O)O[C@H](CCCC)C(F)(F)F)cc3)cc2)cc1F. The van der Waals surface area contributed by atoms with Gasteiger partial charge in [0.15, 0.2) is 17.7 Å². The van der Waals surface area contributed by atoms with Gasteiger partial charge in [0.25, 0.3) is 0 Å². The second-order valence-electron chi connectivity index (χ2n) is 10.7. The van der Waals surface area contributed by atoms with Gasteiger partial charge >= 0.3 is 18.1 Å². The molecule has 0 unspecified atom stereocenters. The third kappa shape index (κ3) is 11.0. The highest BCUT2D eigenvalue weighted by atomic mass is 19.4. The van der Waals surface area contributed by atoms with Gasteiger partial charge in [-0.25, -0.2) is 14.0 Å². The van der Waals surface area contributed by atoms with E-state index in [0.717, 1.165) is 19.3 Å². The van der Waals surface area contributed by atoms with Gasteiger partial charge in [0.05, 0.1) is 17.7 Å². The molecule has 9 heteroatoms. The number of rotatable bonds is 17. The van der Waals surface area contributed by atoms with Crippen molar-refractivity contribution in [2.75, 3.05) is 6.61 Å². The predicted molar refractivity (Wildman–Crippen MR) is 162 cm³/mol. The Hall–Kier alpha value is -3.88. The van der Waals surface area contributed by atoms with Crippen molar-refractivity contribution in [3.05, 3.63) is 83.7 Å². The van der Waals surface area contributed by atoms with Gasteiger partial charge in [-0.05, 0) is 78.9 Å². The van der Waals surface area contributed by atoms with Crippen molar-refractivity contribution < 1.29 is 41.4 Å². The maximum absolute atomic E-state index is 14.7. The number of halogens is 4. The Morgan fingerprint density at radius 2 is 1.27 bits per heavy atom. The smallest absolute Gasteiger partial charge is 0.425 e. The van der Waals surface area contributed by atoms with Crippen LogP contribution in [0.15, 0.2) is 66.7 Å². The first kappa shape index (κ1) is 34.6. The van der Waals surface area contributed by atoms with Gasteiger partial charge in [0, 0.05) is 0 Å². The summed E-state index contributed by atoms with van der Waals surface area (Å²) in [5.74, 6) is -1.94. The summed E-state index contributed by atoms with van der Waals surface area (Å²) in [5.41, 5.74) is 1.45. The maximum Gasteiger partial charge on any atom is 0.425 e. The number of esters is 2. The zero-order chi connectivity index (χ0) is 32.0. The van der Waals surface area contributed by atoms with Crippen molar-refractivity contribution in [3.8, 4) is 22.6 Å². The number of benzene rings is 3. The molecule has 0 bridgehead atoms. The molecule has 3 rings (SSSR count). The topological polar surface area (TPSA) is 61.8 Å². The number of unbranched alkanes of at least 4 members (excludes halogenated alkanes) is 7. The number of ether oxygens (including phenoxy) is 3. The van der Waals surface area contributed by atoms with Crippen LogP contribution in [0.3, 0.4) is 0 Å². The maximum atomic E-state index is 14.7. The Kier molecular flexibility index (Phi) is 13.7. The van der Waals surface area contributed by atoms with E-state index in [9.17, 15) is 27.2 Å². The predicted octanol–water partition coefficient (Wildman–Crippen LogP) is 10.1. The second-order valence-corrected chi connectivity index (χ2v) is 10.7. The van der Waals surface area contributed by atoms with Gasteiger partial charge in [-0.3, -0.25) is 0 Å². The van der Waals surface area contributed by atoms with E-state index in [4.69, 9.17) is 14.2 Å². The molecular formula is C35H40F4O5. The first-order valence-electron chi connectivity index (χ1n) is 15.2. The Morgan fingerprint density at radius 1 is 0.705 bits per heavy atom. The van der Waals surface area contributed by atoms with E-state index in [1.165, 1.54) is 56.0 Å². The van der Waals surface area contributed by atoms with Crippen molar-refractivity contribution in [1.82, 2.24) is 0 Å². The van der Waals surface area contributed by atoms with Crippen LogP contribution in [0.1, 0.15) is 98.8 Å². The molecular weight excluding hydrogens is 576 g/mol. The van der Waals surface area contributed by atoms with Crippen LogP contribution in [0.2, 0.25) is 0 Å². The molecule has 0 fully saturated rings. The molecule has 0 aromatic heterocycles. The number of carbonyl (C=O) groups excluding carboxylic acids is 2. The van der Waals surface area contributed by atoms with Crippen molar-refractivity contribution in [2.24, 2.45) is 0 Å². The quantitative estimate of drug-likeness (QED) is 0.0654. The Balaban J connectivity index is 1.51. The molecule has 0 N–H and O–H groups in total. The molecule has 44 heavy (non-hydrogen) atoms. The summed E-state index contributed by atoms with van der Waals surface area (Å²) < 4.78 is 69.9. The molecule has 0 spiro atoms. The summed E-state index contributed by atoms with van der Waals surface area (Å²) in [6.45, 7) is 4.40. The van der Waals surface area contributed by atoms with E-state index in [-0.39, 0.29) is 35.5 Å². The van der Waals surface area contributed by atoms with Gasteiger partial charge in [-0.2, -0.15) is 13.2 Å². The molecule has 0 radical (unpaired) electrons. The molecule has 0 amide bonds. The Morgan fingerprint density at radius 3 is 1.89 bits per heavy atom. The zero-order valence-electron chi connectivity index (χ0n) is 25.3. The van der Waals surface area contributed by atoms with E-state index in [0.29, 0.717) is 24.2 Å². The molecule has 0 aliphatic carbocycles. The molecule has 238 valence electrons. The number of hydrogen-bond donors (Lipinski definition) is 0. The summed E-state index contributed by atoms with van der Waals surface area (Å²) in [4.78, 5) is 24.9. The van der Waals surface area contributed by atoms with E-state index in [1.54, 1.807) is 43.3 Å². The average molecular weight is 617 g/mol. The monoisotopic (exact) mass is 616 g/mol. The lowest BCUT2D eigenvalue weighted by molar-refractivity contribution is -0.206. The number of hydrogen-bond acceptors (Lipinski definition) is 5. The molecule has 3 aromatic rings. The lowest BCUT2D eigenvalue weighted by Gasteiger charge is -2.20. The van der Waals surface area contributed by atoms with Crippen LogP contribution in [0, 0.1) is 5.82 Å². The van der Waals surface area contributed by atoms with E-state index in [2.05, 4.69) is 6.92 Å². The van der Waals surface area contributed by atoms with Crippen molar-refractivity contribution >= 4 is 11.9 Å². The van der Waals surface area contributed by atoms with Crippen LogP contribution >= 0.6 is 0 Å². The standard InChI is InChI=1S/C35H40F4O5/c1-3-5-7-8-9-10-11-23-42-31-22-19-28(24-30(31)36)25-13-15-26(16-14-25)33(40)43-29-20-17-27(18-21-29)34(41)44-32(12-6-4-2)35(37,38)39/h13-22,24,32H,3-12,23H2,1-2H3/t32-/m1/s1. The van der Waals surface area contributed by atoms with E-state index in [1.807, 2.05) is 0 Å². The third-order valence-corrected chi connectivity index (χ3v) is 7.13. The molecule has 0 saturated heterocycles. The summed E-state index contributed by atoms with van der Waals surface area (Å²) in [7, 11) is 0. The van der Waals surface area contributed by atoms with Crippen LogP contribution in [0.25, 0.3) is 11.1 Å². The fourth-order valence-electron chi connectivity index (χ4n) is 4.54. The first-order valence-corrected chi connectivity index (χ1v) is 15.2. The minimum atomic E-state index is -4.66. The van der Waals surface area contributed by atoms with Crippen LogP contribution in [-0.2, 0) is 4.74 Å². The Labute approximate surface area is 256 Å². The minimum absolute atomic E-state index is 0.0960.